The summed E-state index contributed by atoms with van der Waals surface area (Å²) in [5, 5.41) is 7.01. The van der Waals surface area contributed by atoms with Crippen molar-refractivity contribution in [3.05, 3.63) is 82.2 Å². The number of H-pyrrole nitrogens is 1. The molecular formula is C18H12ClN3O2. The summed E-state index contributed by atoms with van der Waals surface area (Å²) >= 11 is 6.33. The molecule has 1 N–H and O–H groups in total. The second-order valence-electron chi connectivity index (χ2n) is 5.17. The van der Waals surface area contributed by atoms with Crippen LogP contribution in [0.1, 0.15) is 0 Å². The number of hydrogen-bond donors (Lipinski definition) is 1. The highest BCUT2D eigenvalue weighted by Gasteiger charge is 2.16. The molecule has 4 aromatic rings. The molecule has 0 bridgehead atoms. The van der Waals surface area contributed by atoms with Gasteiger partial charge < -0.3 is 4.74 Å². The zero-order chi connectivity index (χ0) is 16.5. The molecule has 0 spiro atoms. The van der Waals surface area contributed by atoms with E-state index >= 15 is 0 Å². The van der Waals surface area contributed by atoms with E-state index in [4.69, 9.17) is 16.3 Å². The van der Waals surface area contributed by atoms with E-state index in [0.717, 1.165) is 5.56 Å². The maximum absolute atomic E-state index is 12.2. The largest absolute Gasteiger partial charge is 0.440 e. The van der Waals surface area contributed by atoms with Crippen LogP contribution in [0, 0.1) is 0 Å². The van der Waals surface area contributed by atoms with Crippen LogP contribution in [0.2, 0.25) is 5.02 Å². The molecule has 2 heterocycles. The second-order valence-corrected chi connectivity index (χ2v) is 5.58. The third-order valence-electron chi connectivity index (χ3n) is 3.65. The minimum absolute atomic E-state index is 0.366. The van der Waals surface area contributed by atoms with E-state index in [0.29, 0.717) is 27.9 Å². The smallest absolute Gasteiger partial charge is 0.350 e. The van der Waals surface area contributed by atoms with Gasteiger partial charge in [0.1, 0.15) is 5.75 Å². The summed E-state index contributed by atoms with van der Waals surface area (Å²) in [6, 6.07) is 20.3. The monoisotopic (exact) mass is 337 g/mol. The molecule has 6 heteroatoms. The van der Waals surface area contributed by atoms with Gasteiger partial charge in [-0.15, -0.1) is 0 Å². The van der Waals surface area contributed by atoms with Gasteiger partial charge in [0.15, 0.2) is 5.65 Å². The van der Waals surface area contributed by atoms with Crippen molar-refractivity contribution in [2.45, 2.75) is 0 Å². The predicted molar refractivity (Wildman–Crippen MR) is 92.8 cm³/mol. The Morgan fingerprint density at radius 2 is 1.67 bits per heavy atom. The molecular weight excluding hydrogens is 326 g/mol. The van der Waals surface area contributed by atoms with Gasteiger partial charge in [0.05, 0.1) is 0 Å². The van der Waals surface area contributed by atoms with Crippen LogP contribution in [-0.2, 0) is 0 Å². The Morgan fingerprint density at radius 1 is 0.917 bits per heavy atom. The van der Waals surface area contributed by atoms with Gasteiger partial charge in [0, 0.05) is 16.1 Å². The summed E-state index contributed by atoms with van der Waals surface area (Å²) in [6.45, 7) is 0. The normalized spacial score (nSPS) is 10.9. The van der Waals surface area contributed by atoms with Crippen molar-refractivity contribution in [1.29, 1.82) is 0 Å². The number of benzene rings is 2. The molecule has 0 unspecified atom stereocenters. The molecule has 0 saturated heterocycles. The number of nitrogens with zero attached hydrogens (tertiary/aromatic N) is 2. The first-order chi connectivity index (χ1) is 11.7. The summed E-state index contributed by atoms with van der Waals surface area (Å²) in [4.78, 5) is 12.2. The molecule has 0 aliphatic rings. The number of fused-ring (bicyclic) bond motifs is 1. The molecule has 4 rings (SSSR count). The highest BCUT2D eigenvalue weighted by molar-refractivity contribution is 6.33. The van der Waals surface area contributed by atoms with Crippen molar-refractivity contribution in [3.63, 3.8) is 0 Å². The third-order valence-corrected chi connectivity index (χ3v) is 3.98. The Kier molecular flexibility index (Phi) is 3.55. The van der Waals surface area contributed by atoms with Crippen molar-refractivity contribution in [1.82, 2.24) is 14.6 Å². The Labute approximate surface area is 142 Å². The zero-order valence-corrected chi connectivity index (χ0v) is 13.2. The maximum atomic E-state index is 12.2. The van der Waals surface area contributed by atoms with Gasteiger partial charge in [0.25, 0.3) is 0 Å². The fourth-order valence-electron chi connectivity index (χ4n) is 2.55. The minimum atomic E-state index is -0.371. The van der Waals surface area contributed by atoms with Crippen LogP contribution in [0.5, 0.6) is 11.6 Å². The number of rotatable bonds is 3. The van der Waals surface area contributed by atoms with E-state index in [1.54, 1.807) is 12.1 Å². The number of pyridine rings is 1. The number of nitrogens with one attached hydrogen (secondary N) is 1. The van der Waals surface area contributed by atoms with Gasteiger partial charge >= 0.3 is 5.69 Å². The van der Waals surface area contributed by atoms with Crippen LogP contribution < -0.4 is 10.4 Å². The Hall–Kier alpha value is -3.05. The standard InChI is InChI=1S/C18H12ClN3O2/c19-15-9-5-4-8-13(15)14-10-11-16-20-21-18(23)22(16)17(14)24-12-6-2-1-3-7-12/h1-11H,(H,21,23). The zero-order valence-electron chi connectivity index (χ0n) is 12.4. The first-order valence-electron chi connectivity index (χ1n) is 7.32. The molecule has 2 aromatic heterocycles. The number of ether oxygens (including phenoxy) is 1. The average molecular weight is 338 g/mol. The highest BCUT2D eigenvalue weighted by atomic mass is 35.5. The molecule has 5 nitrogen and oxygen atoms in total. The van der Waals surface area contributed by atoms with Crippen LogP contribution in [0.4, 0.5) is 0 Å². The van der Waals surface area contributed by atoms with Crippen LogP contribution in [0.15, 0.2) is 71.5 Å². The van der Waals surface area contributed by atoms with Gasteiger partial charge in [-0.1, -0.05) is 48.0 Å². The molecule has 0 radical (unpaired) electrons. The first-order valence-corrected chi connectivity index (χ1v) is 7.70. The summed E-state index contributed by atoms with van der Waals surface area (Å²) in [7, 11) is 0. The van der Waals surface area contributed by atoms with E-state index in [2.05, 4.69) is 10.2 Å². The van der Waals surface area contributed by atoms with Crippen molar-refractivity contribution in [3.8, 4) is 22.8 Å². The van der Waals surface area contributed by atoms with Crippen molar-refractivity contribution < 1.29 is 4.74 Å². The first kappa shape index (κ1) is 14.5. The number of para-hydroxylation sites is 1. The molecule has 0 saturated carbocycles. The Balaban J connectivity index is 2.00. The van der Waals surface area contributed by atoms with Crippen LogP contribution >= 0.6 is 11.6 Å². The average Bonchev–Trinajstić information content (AvgIpc) is 2.99. The Bertz CT molecular complexity index is 1070. The van der Waals surface area contributed by atoms with E-state index in [1.807, 2.05) is 54.6 Å². The second kappa shape index (κ2) is 5.86. The molecule has 0 aliphatic carbocycles. The van der Waals surface area contributed by atoms with Crippen LogP contribution in [0.3, 0.4) is 0 Å². The van der Waals surface area contributed by atoms with Gasteiger partial charge in [-0.25, -0.2) is 14.3 Å². The molecule has 2 aromatic carbocycles. The predicted octanol–water partition coefficient (Wildman–Crippen LogP) is 4.14. The maximum Gasteiger partial charge on any atom is 0.350 e. The lowest BCUT2D eigenvalue weighted by molar-refractivity contribution is 0.456. The molecule has 24 heavy (non-hydrogen) atoms. The van der Waals surface area contributed by atoms with E-state index in [-0.39, 0.29) is 5.69 Å². The van der Waals surface area contributed by atoms with Crippen molar-refractivity contribution in [2.24, 2.45) is 0 Å². The van der Waals surface area contributed by atoms with Crippen molar-refractivity contribution in [2.75, 3.05) is 0 Å². The topological polar surface area (TPSA) is 59.4 Å². The minimum Gasteiger partial charge on any atom is -0.440 e. The summed E-state index contributed by atoms with van der Waals surface area (Å²) < 4.78 is 7.41. The van der Waals surface area contributed by atoms with E-state index in [9.17, 15) is 4.79 Å². The van der Waals surface area contributed by atoms with Crippen LogP contribution in [-0.4, -0.2) is 14.6 Å². The van der Waals surface area contributed by atoms with E-state index in [1.165, 1.54) is 4.40 Å². The molecule has 0 atom stereocenters. The lowest BCUT2D eigenvalue weighted by Gasteiger charge is -2.13. The summed E-state index contributed by atoms with van der Waals surface area (Å²) in [6.07, 6.45) is 0. The molecule has 0 fully saturated rings. The fraction of sp³-hybridized carbons (Fsp3) is 0. The molecule has 118 valence electrons. The molecule has 0 amide bonds. The highest BCUT2D eigenvalue weighted by Crippen LogP contribution is 2.36. The van der Waals surface area contributed by atoms with Gasteiger partial charge in [0.2, 0.25) is 5.88 Å². The summed E-state index contributed by atoms with van der Waals surface area (Å²) in [5.41, 5.74) is 1.59. The number of aromatic nitrogens is 3. The number of hydrogen-bond acceptors (Lipinski definition) is 3. The number of aromatic amines is 1. The lowest BCUT2D eigenvalue weighted by atomic mass is 10.1. The fourth-order valence-corrected chi connectivity index (χ4v) is 2.79. The van der Waals surface area contributed by atoms with Gasteiger partial charge in [-0.3, -0.25) is 0 Å². The van der Waals surface area contributed by atoms with Gasteiger partial charge in [-0.05, 0) is 30.3 Å². The molecule has 0 aliphatic heterocycles. The van der Waals surface area contributed by atoms with E-state index < -0.39 is 0 Å². The Morgan fingerprint density at radius 3 is 2.46 bits per heavy atom. The van der Waals surface area contributed by atoms with Crippen LogP contribution in [0.25, 0.3) is 16.8 Å². The van der Waals surface area contributed by atoms with Gasteiger partial charge in [-0.2, -0.15) is 5.10 Å². The lowest BCUT2D eigenvalue weighted by Crippen LogP contribution is -2.12. The number of halogens is 1. The SMILES string of the molecule is O=c1[nH]nc2ccc(-c3ccccc3Cl)c(Oc3ccccc3)n12. The van der Waals surface area contributed by atoms with Crippen molar-refractivity contribution >= 4 is 17.2 Å². The third kappa shape index (κ3) is 2.45. The quantitative estimate of drug-likeness (QED) is 0.611. The summed E-state index contributed by atoms with van der Waals surface area (Å²) in [5.74, 6) is 0.983.